The fraction of sp³-hybridized carbons (Fsp3) is 0.941. The van der Waals surface area contributed by atoms with Crippen LogP contribution in [0.1, 0.15) is 65.7 Å². The number of nitrogens with zero attached hydrogens (tertiary/aromatic N) is 1. The molecule has 1 aliphatic heterocycles. The number of piperidine rings is 1. The van der Waals surface area contributed by atoms with Crippen molar-refractivity contribution in [2.24, 2.45) is 0 Å². The van der Waals surface area contributed by atoms with Gasteiger partial charge in [-0.05, 0) is 46.5 Å². The maximum atomic E-state index is 12.2. The van der Waals surface area contributed by atoms with Gasteiger partial charge in [0.2, 0.25) is 0 Å². The molecule has 1 heterocycles. The van der Waals surface area contributed by atoms with Crippen LogP contribution in [0.25, 0.3) is 0 Å². The van der Waals surface area contributed by atoms with Crippen molar-refractivity contribution < 1.29 is 14.6 Å². The number of likely N-dealkylation sites (tertiary alicyclic amines) is 1. The quantitative estimate of drug-likeness (QED) is 0.841. The summed E-state index contributed by atoms with van der Waals surface area (Å²) >= 11 is 0. The third-order valence-electron chi connectivity index (χ3n) is 4.58. The van der Waals surface area contributed by atoms with E-state index in [1.165, 1.54) is 6.42 Å². The predicted octanol–water partition coefficient (Wildman–Crippen LogP) is 2.67. The van der Waals surface area contributed by atoms with Crippen molar-refractivity contribution in [1.82, 2.24) is 10.2 Å². The molecule has 2 rings (SSSR count). The highest BCUT2D eigenvalue weighted by atomic mass is 16.6. The first-order chi connectivity index (χ1) is 10.3. The summed E-state index contributed by atoms with van der Waals surface area (Å²) in [7, 11) is 0. The van der Waals surface area contributed by atoms with Crippen molar-refractivity contribution in [3.63, 3.8) is 0 Å². The molecule has 1 atom stereocenters. The molecule has 0 aromatic heterocycles. The summed E-state index contributed by atoms with van der Waals surface area (Å²) in [4.78, 5) is 13.9. The molecule has 5 heteroatoms. The average Bonchev–Trinajstić information content (AvgIpc) is 2.45. The van der Waals surface area contributed by atoms with Gasteiger partial charge < -0.3 is 20.1 Å². The Kier molecular flexibility index (Phi) is 5.72. The van der Waals surface area contributed by atoms with Crippen LogP contribution in [0.4, 0.5) is 4.79 Å². The van der Waals surface area contributed by atoms with Gasteiger partial charge in [0.1, 0.15) is 5.60 Å². The molecule has 1 unspecified atom stereocenters. The van der Waals surface area contributed by atoms with Crippen LogP contribution in [-0.2, 0) is 4.74 Å². The van der Waals surface area contributed by atoms with Gasteiger partial charge in [-0.15, -0.1) is 0 Å². The Morgan fingerprint density at radius 2 is 1.95 bits per heavy atom. The molecule has 2 N–H and O–H groups in total. The van der Waals surface area contributed by atoms with Gasteiger partial charge >= 0.3 is 6.09 Å². The largest absolute Gasteiger partial charge is 0.444 e. The van der Waals surface area contributed by atoms with E-state index >= 15 is 0 Å². The second-order valence-electron chi connectivity index (χ2n) is 7.93. The number of carbonyl (C=O) groups excluding carboxylic acids is 1. The summed E-state index contributed by atoms with van der Waals surface area (Å²) in [5, 5.41) is 14.0. The Labute approximate surface area is 134 Å². The number of ether oxygens (including phenoxy) is 1. The molecular formula is C17H32N2O3. The lowest BCUT2D eigenvalue weighted by Gasteiger charge is -2.37. The number of nitrogens with one attached hydrogen (secondary N) is 1. The molecule has 1 aliphatic carbocycles. The maximum absolute atomic E-state index is 12.2. The van der Waals surface area contributed by atoms with E-state index < -0.39 is 11.2 Å². The average molecular weight is 312 g/mol. The minimum absolute atomic E-state index is 0.227. The van der Waals surface area contributed by atoms with E-state index in [1.807, 2.05) is 20.8 Å². The number of hydrogen-bond donors (Lipinski definition) is 2. The highest BCUT2D eigenvalue weighted by molar-refractivity contribution is 5.68. The number of aliphatic hydroxyl groups is 1. The molecule has 0 aromatic rings. The minimum Gasteiger partial charge on any atom is -0.444 e. The molecule has 0 radical (unpaired) electrons. The second kappa shape index (κ2) is 7.18. The first-order valence-corrected chi connectivity index (χ1v) is 8.71. The third-order valence-corrected chi connectivity index (χ3v) is 4.58. The lowest BCUT2D eigenvalue weighted by Crippen LogP contribution is -2.53. The number of amides is 1. The lowest BCUT2D eigenvalue weighted by molar-refractivity contribution is -0.00236. The molecule has 2 aliphatic rings. The molecule has 1 saturated heterocycles. The van der Waals surface area contributed by atoms with Crippen LogP contribution in [0.3, 0.4) is 0 Å². The first-order valence-electron chi connectivity index (χ1n) is 8.71. The second-order valence-corrected chi connectivity index (χ2v) is 7.93. The Balaban J connectivity index is 1.79. The monoisotopic (exact) mass is 312 g/mol. The Hall–Kier alpha value is -0.810. The molecular weight excluding hydrogens is 280 g/mol. The summed E-state index contributed by atoms with van der Waals surface area (Å²) in [6.07, 6.45) is 7.06. The first kappa shape index (κ1) is 17.5. The number of hydrogen-bond acceptors (Lipinski definition) is 4. The Bertz CT molecular complexity index is 373. The van der Waals surface area contributed by atoms with Crippen LogP contribution < -0.4 is 5.32 Å². The van der Waals surface area contributed by atoms with Crippen LogP contribution in [-0.4, -0.2) is 53.0 Å². The summed E-state index contributed by atoms with van der Waals surface area (Å²) in [5.74, 6) is 0. The molecule has 2 fully saturated rings. The van der Waals surface area contributed by atoms with E-state index in [2.05, 4.69) is 5.32 Å². The van der Waals surface area contributed by atoms with E-state index in [-0.39, 0.29) is 12.1 Å². The van der Waals surface area contributed by atoms with Crippen LogP contribution in [0.15, 0.2) is 0 Å². The Morgan fingerprint density at radius 1 is 1.27 bits per heavy atom. The third kappa shape index (κ3) is 5.43. The van der Waals surface area contributed by atoms with Crippen LogP contribution >= 0.6 is 0 Å². The fourth-order valence-corrected chi connectivity index (χ4v) is 3.36. The molecule has 5 nitrogen and oxygen atoms in total. The van der Waals surface area contributed by atoms with E-state index in [4.69, 9.17) is 4.74 Å². The number of carbonyl (C=O) groups is 1. The summed E-state index contributed by atoms with van der Waals surface area (Å²) in [6.45, 7) is 7.75. The highest BCUT2D eigenvalue weighted by Crippen LogP contribution is 2.27. The van der Waals surface area contributed by atoms with Crippen LogP contribution in [0.5, 0.6) is 0 Å². The van der Waals surface area contributed by atoms with Gasteiger partial charge in [-0.3, -0.25) is 0 Å². The van der Waals surface area contributed by atoms with Crippen molar-refractivity contribution in [3.05, 3.63) is 0 Å². The smallest absolute Gasteiger partial charge is 0.410 e. The summed E-state index contributed by atoms with van der Waals surface area (Å²) in [6, 6.07) is 0.257. The highest BCUT2D eigenvalue weighted by Gasteiger charge is 2.32. The molecule has 0 bridgehead atoms. The van der Waals surface area contributed by atoms with Gasteiger partial charge in [0, 0.05) is 25.7 Å². The van der Waals surface area contributed by atoms with Gasteiger partial charge in [-0.25, -0.2) is 4.79 Å². The van der Waals surface area contributed by atoms with Gasteiger partial charge in [-0.2, -0.15) is 0 Å². The molecule has 128 valence electrons. The standard InChI is InChI=1S/C17H32N2O3/c1-16(2,3)22-15(20)19-11-7-8-14(12-19)18-13-17(21)9-5-4-6-10-17/h14,18,21H,4-13H2,1-3H3. The molecule has 0 aromatic carbocycles. The van der Waals surface area contributed by atoms with E-state index in [0.717, 1.165) is 45.1 Å². The van der Waals surface area contributed by atoms with E-state index in [9.17, 15) is 9.90 Å². The van der Waals surface area contributed by atoms with Crippen molar-refractivity contribution >= 4 is 6.09 Å². The van der Waals surface area contributed by atoms with Gasteiger partial charge in [0.05, 0.1) is 5.60 Å². The van der Waals surface area contributed by atoms with Crippen molar-refractivity contribution in [1.29, 1.82) is 0 Å². The number of rotatable bonds is 3. The molecule has 0 spiro atoms. The van der Waals surface area contributed by atoms with Crippen molar-refractivity contribution in [2.75, 3.05) is 19.6 Å². The fourth-order valence-electron chi connectivity index (χ4n) is 3.36. The van der Waals surface area contributed by atoms with Gasteiger partial charge in [-0.1, -0.05) is 19.3 Å². The van der Waals surface area contributed by atoms with E-state index in [1.54, 1.807) is 4.90 Å². The zero-order valence-corrected chi connectivity index (χ0v) is 14.4. The van der Waals surface area contributed by atoms with Crippen LogP contribution in [0, 0.1) is 0 Å². The molecule has 22 heavy (non-hydrogen) atoms. The van der Waals surface area contributed by atoms with Gasteiger partial charge in [0.15, 0.2) is 0 Å². The molecule has 1 amide bonds. The van der Waals surface area contributed by atoms with Gasteiger partial charge in [0.25, 0.3) is 0 Å². The zero-order chi connectivity index (χ0) is 16.2. The van der Waals surface area contributed by atoms with Crippen molar-refractivity contribution in [2.45, 2.75) is 83.0 Å². The SMILES string of the molecule is CC(C)(C)OC(=O)N1CCCC(NCC2(O)CCCCC2)C1. The summed E-state index contributed by atoms with van der Waals surface area (Å²) in [5.41, 5.74) is -0.999. The summed E-state index contributed by atoms with van der Waals surface area (Å²) < 4.78 is 5.45. The topological polar surface area (TPSA) is 61.8 Å². The van der Waals surface area contributed by atoms with Crippen molar-refractivity contribution in [3.8, 4) is 0 Å². The maximum Gasteiger partial charge on any atom is 0.410 e. The minimum atomic E-state index is -0.549. The lowest BCUT2D eigenvalue weighted by atomic mass is 9.84. The van der Waals surface area contributed by atoms with E-state index in [0.29, 0.717) is 13.1 Å². The Morgan fingerprint density at radius 3 is 2.59 bits per heavy atom. The van der Waals surface area contributed by atoms with Crippen LogP contribution in [0.2, 0.25) is 0 Å². The normalized spacial score (nSPS) is 25.8. The molecule has 1 saturated carbocycles. The predicted molar refractivity (Wildman–Crippen MR) is 86.9 cm³/mol. The zero-order valence-electron chi connectivity index (χ0n) is 14.4.